The Morgan fingerprint density at radius 1 is 1.15 bits per heavy atom. The largest absolute Gasteiger partial charge is 0.392 e. The number of unbranched alkanes of at least 4 members (excludes halogenated alkanes) is 3. The SMILES string of the molecule is CCCCCCC(=C=CCO)[Si](C)(C)c1ccccc1. The zero-order valence-corrected chi connectivity index (χ0v) is 14.2. The molecule has 2 heteroatoms. The molecule has 0 heterocycles. The van der Waals surface area contributed by atoms with Crippen molar-refractivity contribution in [2.45, 2.75) is 52.1 Å². The van der Waals surface area contributed by atoms with Gasteiger partial charge in [0.05, 0.1) is 6.61 Å². The van der Waals surface area contributed by atoms with Gasteiger partial charge in [-0.1, -0.05) is 74.8 Å². The van der Waals surface area contributed by atoms with E-state index in [1.54, 1.807) is 6.08 Å². The fourth-order valence-corrected chi connectivity index (χ4v) is 5.13. The second kappa shape index (κ2) is 8.96. The zero-order chi connectivity index (χ0) is 14.8. The molecule has 1 aromatic rings. The van der Waals surface area contributed by atoms with Crippen LogP contribution in [0.5, 0.6) is 0 Å². The van der Waals surface area contributed by atoms with Crippen molar-refractivity contribution in [2.75, 3.05) is 6.61 Å². The van der Waals surface area contributed by atoms with Gasteiger partial charge in [0, 0.05) is 0 Å². The quantitative estimate of drug-likeness (QED) is 0.432. The number of aliphatic hydroxyl groups excluding tert-OH is 1. The van der Waals surface area contributed by atoms with Gasteiger partial charge in [0.1, 0.15) is 8.07 Å². The van der Waals surface area contributed by atoms with Gasteiger partial charge in [-0.05, 0) is 24.1 Å². The molecule has 1 rings (SSSR count). The highest BCUT2D eigenvalue weighted by Gasteiger charge is 2.27. The second-order valence-corrected chi connectivity index (χ2v) is 10.2. The van der Waals surface area contributed by atoms with Crippen LogP contribution in [-0.2, 0) is 0 Å². The van der Waals surface area contributed by atoms with Crippen molar-refractivity contribution in [3.8, 4) is 0 Å². The van der Waals surface area contributed by atoms with Crippen molar-refractivity contribution < 1.29 is 5.11 Å². The van der Waals surface area contributed by atoms with Gasteiger partial charge < -0.3 is 5.11 Å². The van der Waals surface area contributed by atoms with Crippen LogP contribution in [-0.4, -0.2) is 19.8 Å². The molecule has 0 radical (unpaired) electrons. The third kappa shape index (κ3) is 5.13. The fraction of sp³-hybridized carbons (Fsp3) is 0.500. The van der Waals surface area contributed by atoms with Gasteiger partial charge in [-0.25, -0.2) is 0 Å². The molecule has 0 amide bonds. The predicted octanol–water partition coefficient (Wildman–Crippen LogP) is 4.19. The van der Waals surface area contributed by atoms with E-state index in [4.69, 9.17) is 5.11 Å². The predicted molar refractivity (Wildman–Crippen MR) is 91.0 cm³/mol. The minimum atomic E-state index is -1.64. The minimum Gasteiger partial charge on any atom is -0.392 e. The summed E-state index contributed by atoms with van der Waals surface area (Å²) in [6.07, 6.45) is 7.99. The smallest absolute Gasteiger partial charge is 0.116 e. The normalized spacial score (nSPS) is 11.0. The number of rotatable bonds is 8. The maximum Gasteiger partial charge on any atom is 0.116 e. The molecule has 0 bridgehead atoms. The first-order valence-corrected chi connectivity index (χ1v) is 10.7. The summed E-state index contributed by atoms with van der Waals surface area (Å²) in [7, 11) is -1.64. The lowest BCUT2D eigenvalue weighted by Gasteiger charge is -2.25. The van der Waals surface area contributed by atoms with Crippen molar-refractivity contribution in [3.63, 3.8) is 0 Å². The Morgan fingerprint density at radius 3 is 2.45 bits per heavy atom. The van der Waals surface area contributed by atoms with Crippen molar-refractivity contribution in [2.24, 2.45) is 0 Å². The standard InChI is InChI=1S/C18H28OSi/c1-4-5-6-8-12-18(15-11-16-19)20(2,3)17-13-9-7-10-14-17/h7,9-11,13-14,19H,4-6,8,12,16H2,1-3H3. The van der Waals surface area contributed by atoms with Crippen LogP contribution < -0.4 is 5.19 Å². The molecule has 0 atom stereocenters. The monoisotopic (exact) mass is 288 g/mol. The molecule has 0 saturated heterocycles. The topological polar surface area (TPSA) is 20.2 Å². The van der Waals surface area contributed by atoms with E-state index in [1.807, 2.05) is 0 Å². The highest BCUT2D eigenvalue weighted by molar-refractivity contribution is 6.95. The Hall–Kier alpha value is -1.08. The third-order valence-electron chi connectivity index (χ3n) is 3.90. The molecule has 0 fully saturated rings. The molecular weight excluding hydrogens is 260 g/mol. The molecule has 0 aliphatic rings. The first-order valence-electron chi connectivity index (χ1n) is 7.73. The Labute approximate surface area is 125 Å². The van der Waals surface area contributed by atoms with Crippen LogP contribution in [0.4, 0.5) is 0 Å². The lowest BCUT2D eigenvalue weighted by molar-refractivity contribution is 0.343. The summed E-state index contributed by atoms with van der Waals surface area (Å²) in [6.45, 7) is 7.09. The summed E-state index contributed by atoms with van der Waals surface area (Å²) in [4.78, 5) is 0. The van der Waals surface area contributed by atoms with Gasteiger partial charge in [0.2, 0.25) is 0 Å². The van der Waals surface area contributed by atoms with Gasteiger partial charge in [-0.3, -0.25) is 0 Å². The number of aliphatic hydroxyl groups is 1. The summed E-state index contributed by atoms with van der Waals surface area (Å²) >= 11 is 0. The van der Waals surface area contributed by atoms with E-state index in [-0.39, 0.29) is 6.61 Å². The summed E-state index contributed by atoms with van der Waals surface area (Å²) in [5.41, 5.74) is 3.39. The van der Waals surface area contributed by atoms with Crippen LogP contribution in [0.1, 0.15) is 39.0 Å². The third-order valence-corrected chi connectivity index (χ3v) is 7.58. The Kier molecular flexibility index (Phi) is 7.61. The van der Waals surface area contributed by atoms with E-state index in [0.29, 0.717) is 0 Å². The molecule has 0 aromatic heterocycles. The summed E-state index contributed by atoms with van der Waals surface area (Å²) in [5.74, 6) is 0. The van der Waals surface area contributed by atoms with E-state index in [0.717, 1.165) is 6.42 Å². The summed E-state index contributed by atoms with van der Waals surface area (Å²) < 4.78 is 0. The molecule has 0 spiro atoms. The molecule has 0 unspecified atom stereocenters. The molecular formula is C18H28OSi. The van der Waals surface area contributed by atoms with Gasteiger partial charge in [0.25, 0.3) is 0 Å². The maximum atomic E-state index is 9.05. The van der Waals surface area contributed by atoms with Crippen LogP contribution in [0, 0.1) is 0 Å². The molecule has 1 N–H and O–H groups in total. The van der Waals surface area contributed by atoms with Gasteiger partial charge in [-0.15, -0.1) is 5.73 Å². The molecule has 0 aliphatic heterocycles. The lowest BCUT2D eigenvalue weighted by atomic mass is 10.1. The number of benzene rings is 1. The first-order chi connectivity index (χ1) is 9.62. The Morgan fingerprint density at radius 2 is 1.85 bits per heavy atom. The lowest BCUT2D eigenvalue weighted by Crippen LogP contribution is -2.43. The summed E-state index contributed by atoms with van der Waals surface area (Å²) in [5, 5.41) is 11.9. The van der Waals surface area contributed by atoms with Gasteiger partial charge in [-0.2, -0.15) is 0 Å². The molecule has 1 aromatic carbocycles. The Balaban J connectivity index is 2.90. The average molecular weight is 289 g/mol. The molecule has 1 nitrogen and oxygen atoms in total. The van der Waals surface area contributed by atoms with Crippen LogP contribution in [0.3, 0.4) is 0 Å². The van der Waals surface area contributed by atoms with Crippen LogP contribution in [0.2, 0.25) is 13.1 Å². The van der Waals surface area contributed by atoms with Gasteiger partial charge in [0.15, 0.2) is 0 Å². The van der Waals surface area contributed by atoms with E-state index < -0.39 is 8.07 Å². The van der Waals surface area contributed by atoms with Crippen LogP contribution in [0.25, 0.3) is 0 Å². The van der Waals surface area contributed by atoms with Crippen molar-refractivity contribution in [3.05, 3.63) is 47.3 Å². The second-order valence-electron chi connectivity index (χ2n) is 5.81. The molecule has 0 saturated carbocycles. The maximum absolute atomic E-state index is 9.05. The highest BCUT2D eigenvalue weighted by Crippen LogP contribution is 2.20. The van der Waals surface area contributed by atoms with Crippen LogP contribution in [0.15, 0.2) is 47.3 Å². The fourth-order valence-electron chi connectivity index (χ4n) is 2.49. The molecule has 0 aliphatic carbocycles. The average Bonchev–Trinajstić information content (AvgIpc) is 2.47. The molecule has 110 valence electrons. The van der Waals surface area contributed by atoms with E-state index in [2.05, 4.69) is 56.1 Å². The number of hydrogen-bond donors (Lipinski definition) is 1. The van der Waals surface area contributed by atoms with Crippen molar-refractivity contribution in [1.29, 1.82) is 0 Å². The van der Waals surface area contributed by atoms with E-state index in [9.17, 15) is 0 Å². The van der Waals surface area contributed by atoms with E-state index >= 15 is 0 Å². The van der Waals surface area contributed by atoms with Crippen molar-refractivity contribution >= 4 is 13.3 Å². The van der Waals surface area contributed by atoms with Crippen LogP contribution >= 0.6 is 0 Å². The van der Waals surface area contributed by atoms with E-state index in [1.165, 1.54) is 36.1 Å². The van der Waals surface area contributed by atoms with Gasteiger partial charge >= 0.3 is 0 Å². The van der Waals surface area contributed by atoms with Crippen molar-refractivity contribution in [1.82, 2.24) is 0 Å². The first kappa shape index (κ1) is 17.0. The number of hydrogen-bond acceptors (Lipinski definition) is 1. The highest BCUT2D eigenvalue weighted by atomic mass is 28.3. The minimum absolute atomic E-state index is 0.0811. The molecule has 20 heavy (non-hydrogen) atoms. The zero-order valence-electron chi connectivity index (χ0n) is 13.2. The summed E-state index contributed by atoms with van der Waals surface area (Å²) in [6, 6.07) is 10.8. The Bertz CT molecular complexity index is 442.